The number of carbonyl (C=O) groups is 1. The molecule has 1 aromatic carbocycles. The van der Waals surface area contributed by atoms with Crippen molar-refractivity contribution in [3.05, 3.63) is 64.2 Å². The molecule has 0 unspecified atom stereocenters. The number of aromatic nitrogens is 1. The molecule has 0 atom stereocenters. The highest BCUT2D eigenvalue weighted by Gasteiger charge is 2.09. The van der Waals surface area contributed by atoms with Gasteiger partial charge in [-0.2, -0.15) is 0 Å². The quantitative estimate of drug-likeness (QED) is 0.810. The van der Waals surface area contributed by atoms with Crippen LogP contribution in [-0.2, 0) is 11.2 Å². The van der Waals surface area contributed by atoms with E-state index in [1.54, 1.807) is 30.3 Å². The smallest absolute Gasteiger partial charge is 0.356 e. The summed E-state index contributed by atoms with van der Waals surface area (Å²) in [6, 6.07) is 9.42. The molecular formula is C14H11ClFNO2. The lowest BCUT2D eigenvalue weighted by molar-refractivity contribution is 0.0593. The minimum absolute atomic E-state index is 0.203. The maximum absolute atomic E-state index is 13.7. The van der Waals surface area contributed by atoms with Gasteiger partial charge in [0, 0.05) is 17.1 Å². The number of benzene rings is 1. The molecule has 0 saturated heterocycles. The highest BCUT2D eigenvalue weighted by atomic mass is 35.5. The van der Waals surface area contributed by atoms with Crippen LogP contribution in [-0.4, -0.2) is 18.1 Å². The first-order valence-corrected chi connectivity index (χ1v) is 5.96. The van der Waals surface area contributed by atoms with Crippen molar-refractivity contribution in [3.63, 3.8) is 0 Å². The Balaban J connectivity index is 2.26. The molecule has 2 aromatic rings. The van der Waals surface area contributed by atoms with Gasteiger partial charge in [-0.15, -0.1) is 0 Å². The molecule has 0 aliphatic heterocycles. The average Bonchev–Trinajstić information content (AvgIpc) is 2.41. The minimum atomic E-state index is -0.515. The van der Waals surface area contributed by atoms with Gasteiger partial charge in [-0.3, -0.25) is 0 Å². The third-order valence-electron chi connectivity index (χ3n) is 2.59. The van der Waals surface area contributed by atoms with E-state index in [4.69, 9.17) is 11.6 Å². The van der Waals surface area contributed by atoms with E-state index in [1.165, 1.54) is 13.2 Å². The average molecular weight is 280 g/mol. The summed E-state index contributed by atoms with van der Waals surface area (Å²) >= 11 is 5.69. The normalized spacial score (nSPS) is 10.3. The third kappa shape index (κ3) is 3.29. The van der Waals surface area contributed by atoms with E-state index >= 15 is 0 Å². The SMILES string of the molecule is COC(=O)c1cccc(Cc2ccc(Cl)cc2F)n1. The number of esters is 1. The zero-order valence-electron chi connectivity index (χ0n) is 10.2. The lowest BCUT2D eigenvalue weighted by Crippen LogP contribution is -2.06. The molecule has 0 aliphatic carbocycles. The molecule has 0 bridgehead atoms. The molecule has 98 valence electrons. The zero-order valence-corrected chi connectivity index (χ0v) is 10.9. The Morgan fingerprint density at radius 2 is 2.16 bits per heavy atom. The van der Waals surface area contributed by atoms with Gasteiger partial charge in [-0.1, -0.05) is 23.7 Å². The Morgan fingerprint density at radius 1 is 1.37 bits per heavy atom. The summed E-state index contributed by atoms with van der Waals surface area (Å²) in [4.78, 5) is 15.5. The Labute approximate surface area is 115 Å². The van der Waals surface area contributed by atoms with Crippen LogP contribution < -0.4 is 0 Å². The van der Waals surface area contributed by atoms with Crippen molar-refractivity contribution < 1.29 is 13.9 Å². The second kappa shape index (κ2) is 5.80. The molecule has 1 aromatic heterocycles. The first-order chi connectivity index (χ1) is 9.10. The van der Waals surface area contributed by atoms with Crippen LogP contribution in [0.15, 0.2) is 36.4 Å². The van der Waals surface area contributed by atoms with Gasteiger partial charge in [0.1, 0.15) is 11.5 Å². The molecule has 0 aliphatic rings. The van der Waals surface area contributed by atoms with Crippen LogP contribution in [0.2, 0.25) is 5.02 Å². The predicted molar refractivity (Wildman–Crippen MR) is 69.8 cm³/mol. The Bertz CT molecular complexity index is 616. The van der Waals surface area contributed by atoms with Gasteiger partial charge in [0.05, 0.1) is 7.11 Å². The van der Waals surface area contributed by atoms with E-state index in [0.717, 1.165) is 0 Å². The van der Waals surface area contributed by atoms with Gasteiger partial charge >= 0.3 is 5.97 Å². The molecule has 2 rings (SSSR count). The fourth-order valence-corrected chi connectivity index (χ4v) is 1.82. The molecule has 0 saturated carbocycles. The zero-order chi connectivity index (χ0) is 13.8. The summed E-state index contributed by atoms with van der Waals surface area (Å²) in [6.07, 6.45) is 0.286. The van der Waals surface area contributed by atoms with Crippen molar-refractivity contribution in [2.24, 2.45) is 0 Å². The number of hydrogen-bond acceptors (Lipinski definition) is 3. The summed E-state index contributed by atoms with van der Waals surface area (Å²) in [5.74, 6) is -0.906. The molecule has 0 N–H and O–H groups in total. The fourth-order valence-electron chi connectivity index (χ4n) is 1.66. The first kappa shape index (κ1) is 13.5. The number of carbonyl (C=O) groups excluding carboxylic acids is 1. The second-order valence-corrected chi connectivity index (χ2v) is 4.35. The largest absolute Gasteiger partial charge is 0.464 e. The van der Waals surface area contributed by atoms with E-state index < -0.39 is 11.8 Å². The number of methoxy groups -OCH3 is 1. The van der Waals surface area contributed by atoms with Crippen LogP contribution in [0.25, 0.3) is 0 Å². The summed E-state index contributed by atoms with van der Waals surface area (Å²) in [7, 11) is 1.29. The van der Waals surface area contributed by atoms with Crippen molar-refractivity contribution in [2.75, 3.05) is 7.11 Å². The minimum Gasteiger partial charge on any atom is -0.464 e. The molecular weight excluding hydrogens is 269 g/mol. The number of ether oxygens (including phenoxy) is 1. The lowest BCUT2D eigenvalue weighted by Gasteiger charge is -2.05. The second-order valence-electron chi connectivity index (χ2n) is 3.92. The van der Waals surface area contributed by atoms with Gasteiger partial charge in [0.25, 0.3) is 0 Å². The van der Waals surface area contributed by atoms with E-state index in [-0.39, 0.29) is 12.1 Å². The van der Waals surface area contributed by atoms with Crippen LogP contribution in [0.3, 0.4) is 0 Å². The summed E-state index contributed by atoms with van der Waals surface area (Å²) in [5.41, 5.74) is 1.26. The molecule has 5 heteroatoms. The maximum atomic E-state index is 13.7. The summed E-state index contributed by atoms with van der Waals surface area (Å²) in [5, 5.41) is 0.345. The van der Waals surface area contributed by atoms with Crippen molar-refractivity contribution >= 4 is 17.6 Å². The van der Waals surface area contributed by atoms with Gasteiger partial charge in [0.15, 0.2) is 0 Å². The van der Waals surface area contributed by atoms with Crippen molar-refractivity contribution in [2.45, 2.75) is 6.42 Å². The van der Waals surface area contributed by atoms with Crippen LogP contribution in [0.1, 0.15) is 21.7 Å². The van der Waals surface area contributed by atoms with Gasteiger partial charge in [-0.25, -0.2) is 14.2 Å². The monoisotopic (exact) mass is 279 g/mol. The predicted octanol–water partition coefficient (Wildman–Crippen LogP) is 3.25. The van der Waals surface area contributed by atoms with E-state index in [9.17, 15) is 9.18 Å². The molecule has 1 heterocycles. The lowest BCUT2D eigenvalue weighted by atomic mass is 10.1. The molecule has 19 heavy (non-hydrogen) atoms. The van der Waals surface area contributed by atoms with E-state index in [1.807, 2.05) is 0 Å². The molecule has 3 nitrogen and oxygen atoms in total. The van der Waals surface area contributed by atoms with Crippen LogP contribution in [0, 0.1) is 5.82 Å². The highest BCUT2D eigenvalue weighted by Crippen LogP contribution is 2.17. The molecule has 0 fully saturated rings. The number of hydrogen-bond donors (Lipinski definition) is 0. The summed E-state index contributed by atoms with van der Waals surface area (Å²) in [6.45, 7) is 0. The summed E-state index contributed by atoms with van der Waals surface area (Å²) < 4.78 is 18.2. The highest BCUT2D eigenvalue weighted by molar-refractivity contribution is 6.30. The van der Waals surface area contributed by atoms with Crippen LogP contribution in [0.4, 0.5) is 4.39 Å². The topological polar surface area (TPSA) is 39.2 Å². The van der Waals surface area contributed by atoms with Crippen molar-refractivity contribution in [3.8, 4) is 0 Å². The number of halogens is 2. The number of pyridine rings is 1. The Morgan fingerprint density at radius 3 is 2.84 bits per heavy atom. The molecule has 0 radical (unpaired) electrons. The van der Waals surface area contributed by atoms with Crippen LogP contribution in [0.5, 0.6) is 0 Å². The van der Waals surface area contributed by atoms with Gasteiger partial charge in [0.2, 0.25) is 0 Å². The van der Waals surface area contributed by atoms with Crippen LogP contribution >= 0.6 is 11.6 Å². The third-order valence-corrected chi connectivity index (χ3v) is 2.82. The maximum Gasteiger partial charge on any atom is 0.356 e. The number of nitrogens with zero attached hydrogens (tertiary/aromatic N) is 1. The Kier molecular flexibility index (Phi) is 4.12. The standard InChI is InChI=1S/C14H11ClFNO2/c1-19-14(18)13-4-2-3-11(17-13)7-9-5-6-10(15)8-12(9)16/h2-6,8H,7H2,1H3. The van der Waals surface area contributed by atoms with E-state index in [2.05, 4.69) is 9.72 Å². The van der Waals surface area contributed by atoms with Gasteiger partial charge in [-0.05, 0) is 29.8 Å². The fraction of sp³-hybridized carbons (Fsp3) is 0.143. The molecule has 0 spiro atoms. The first-order valence-electron chi connectivity index (χ1n) is 5.58. The van der Waals surface area contributed by atoms with Gasteiger partial charge < -0.3 is 4.74 Å². The Hall–Kier alpha value is -1.94. The van der Waals surface area contributed by atoms with Crippen molar-refractivity contribution in [1.29, 1.82) is 0 Å². The van der Waals surface area contributed by atoms with E-state index in [0.29, 0.717) is 16.3 Å². The molecule has 0 amide bonds. The van der Waals surface area contributed by atoms with Crippen molar-refractivity contribution in [1.82, 2.24) is 4.98 Å². The number of rotatable bonds is 3.